The maximum absolute atomic E-state index is 10.4. The Hall–Kier alpha value is -0.530. The summed E-state index contributed by atoms with van der Waals surface area (Å²) < 4.78 is 0. The molecule has 0 heterocycles. The van der Waals surface area contributed by atoms with Gasteiger partial charge >= 0.3 is 5.97 Å². The van der Waals surface area contributed by atoms with Gasteiger partial charge in [0.25, 0.3) is 0 Å². The first-order valence-electron chi connectivity index (χ1n) is 4.49. The van der Waals surface area contributed by atoms with Gasteiger partial charge in [0.15, 0.2) is 0 Å². The van der Waals surface area contributed by atoms with Gasteiger partial charge in [0.1, 0.15) is 0 Å². The molecule has 11 heavy (non-hydrogen) atoms. The lowest BCUT2D eigenvalue weighted by Crippen LogP contribution is -2.33. The lowest BCUT2D eigenvalue weighted by atomic mass is 9.65. The van der Waals surface area contributed by atoms with Crippen LogP contribution in [0.5, 0.6) is 0 Å². The average molecular weight is 154 g/mol. The van der Waals surface area contributed by atoms with Crippen molar-refractivity contribution in [3.63, 3.8) is 0 Å². The highest BCUT2D eigenvalue weighted by Crippen LogP contribution is 2.52. The van der Waals surface area contributed by atoms with E-state index in [4.69, 9.17) is 5.11 Å². The molecular weight excluding hydrogens is 140 g/mol. The molecule has 0 spiro atoms. The Morgan fingerprint density at radius 1 is 1.45 bits per heavy atom. The molecule has 2 aliphatic rings. The van der Waals surface area contributed by atoms with E-state index in [-0.39, 0.29) is 0 Å². The molecule has 0 aromatic rings. The maximum atomic E-state index is 10.4. The average Bonchev–Trinajstić information content (AvgIpc) is 2.26. The molecule has 0 aromatic heterocycles. The topological polar surface area (TPSA) is 37.3 Å². The van der Waals surface area contributed by atoms with Crippen molar-refractivity contribution in [3.05, 3.63) is 0 Å². The molecule has 1 N–H and O–H groups in total. The summed E-state index contributed by atoms with van der Waals surface area (Å²) in [5.41, 5.74) is 0. The third-order valence-corrected chi connectivity index (χ3v) is 3.37. The van der Waals surface area contributed by atoms with E-state index in [0.717, 1.165) is 11.8 Å². The summed E-state index contributed by atoms with van der Waals surface area (Å²) in [5, 5.41) is 8.57. The van der Waals surface area contributed by atoms with Crippen LogP contribution in [-0.2, 0) is 4.79 Å². The molecule has 62 valence electrons. The predicted molar refractivity (Wildman–Crippen MR) is 41.2 cm³/mol. The van der Waals surface area contributed by atoms with Gasteiger partial charge in [-0.3, -0.25) is 4.79 Å². The Morgan fingerprint density at radius 2 is 2.27 bits per heavy atom. The minimum absolute atomic E-state index is 0.418. The number of hydrogen-bond acceptors (Lipinski definition) is 1. The van der Waals surface area contributed by atoms with E-state index in [0.29, 0.717) is 12.3 Å². The zero-order valence-electron chi connectivity index (χ0n) is 6.62. The molecular formula is C9H14O2. The predicted octanol–water partition coefficient (Wildman–Crippen LogP) is 1.90. The summed E-state index contributed by atoms with van der Waals surface area (Å²) in [7, 11) is 0. The van der Waals surface area contributed by atoms with Gasteiger partial charge in [0.05, 0.1) is 0 Å². The van der Waals surface area contributed by atoms with Gasteiger partial charge in [-0.15, -0.1) is 0 Å². The highest BCUT2D eigenvalue weighted by molar-refractivity contribution is 5.67. The van der Waals surface area contributed by atoms with Gasteiger partial charge in [-0.05, 0) is 30.6 Å². The second-order valence-corrected chi connectivity index (χ2v) is 3.95. The van der Waals surface area contributed by atoms with Crippen molar-refractivity contribution in [3.8, 4) is 0 Å². The van der Waals surface area contributed by atoms with Crippen molar-refractivity contribution < 1.29 is 9.90 Å². The van der Waals surface area contributed by atoms with E-state index in [1.807, 2.05) is 0 Å². The number of fused-ring (bicyclic) bond motifs is 1. The molecule has 2 fully saturated rings. The maximum Gasteiger partial charge on any atom is 0.303 e. The van der Waals surface area contributed by atoms with Gasteiger partial charge in [0, 0.05) is 6.42 Å². The van der Waals surface area contributed by atoms with Crippen molar-refractivity contribution in [1.82, 2.24) is 0 Å². The fraction of sp³-hybridized carbons (Fsp3) is 0.889. The second-order valence-electron chi connectivity index (χ2n) is 3.95. The molecule has 2 rings (SSSR count). The SMILES string of the molecule is O=C(O)CC1C[C@H]2CCCC12. The summed E-state index contributed by atoms with van der Waals surface area (Å²) in [5.74, 6) is 1.60. The van der Waals surface area contributed by atoms with Crippen LogP contribution in [-0.4, -0.2) is 11.1 Å². The second kappa shape index (κ2) is 2.50. The molecule has 0 aliphatic heterocycles. The Morgan fingerprint density at radius 3 is 2.91 bits per heavy atom. The number of rotatable bonds is 2. The van der Waals surface area contributed by atoms with Gasteiger partial charge in [-0.1, -0.05) is 12.8 Å². The molecule has 3 atom stereocenters. The molecule has 2 unspecified atom stereocenters. The van der Waals surface area contributed by atoms with Crippen LogP contribution < -0.4 is 0 Å². The summed E-state index contributed by atoms with van der Waals surface area (Å²) in [4.78, 5) is 10.4. The molecule has 0 radical (unpaired) electrons. The molecule has 2 aliphatic carbocycles. The highest BCUT2D eigenvalue weighted by Gasteiger charge is 2.43. The summed E-state index contributed by atoms with van der Waals surface area (Å²) in [6, 6.07) is 0. The molecule has 2 saturated carbocycles. The summed E-state index contributed by atoms with van der Waals surface area (Å²) in [6.07, 6.45) is 5.60. The van der Waals surface area contributed by atoms with E-state index in [9.17, 15) is 4.79 Å². The smallest absolute Gasteiger partial charge is 0.303 e. The van der Waals surface area contributed by atoms with Crippen LogP contribution in [0.4, 0.5) is 0 Å². The van der Waals surface area contributed by atoms with Crippen LogP contribution in [0.1, 0.15) is 32.1 Å². The van der Waals surface area contributed by atoms with Crippen molar-refractivity contribution >= 4 is 5.97 Å². The van der Waals surface area contributed by atoms with E-state index >= 15 is 0 Å². The van der Waals surface area contributed by atoms with Crippen molar-refractivity contribution in [2.24, 2.45) is 17.8 Å². The summed E-state index contributed by atoms with van der Waals surface area (Å²) >= 11 is 0. The Balaban J connectivity index is 1.85. The number of carboxylic acids is 1. The first-order valence-corrected chi connectivity index (χ1v) is 4.49. The fourth-order valence-corrected chi connectivity index (χ4v) is 2.81. The minimum Gasteiger partial charge on any atom is -0.481 e. The van der Waals surface area contributed by atoms with Crippen LogP contribution in [0, 0.1) is 17.8 Å². The van der Waals surface area contributed by atoms with Gasteiger partial charge in [-0.25, -0.2) is 0 Å². The zero-order chi connectivity index (χ0) is 7.84. The highest BCUT2D eigenvalue weighted by atomic mass is 16.4. The quantitative estimate of drug-likeness (QED) is 0.659. The molecule has 2 heteroatoms. The Kier molecular flexibility index (Phi) is 1.63. The molecule has 0 saturated heterocycles. The lowest BCUT2D eigenvalue weighted by molar-refractivity contribution is -0.140. The number of carboxylic acid groups (broad SMARTS) is 1. The van der Waals surface area contributed by atoms with E-state index in [1.165, 1.54) is 25.7 Å². The third kappa shape index (κ3) is 1.15. The van der Waals surface area contributed by atoms with E-state index < -0.39 is 5.97 Å². The Labute approximate surface area is 66.6 Å². The largest absolute Gasteiger partial charge is 0.481 e. The van der Waals surface area contributed by atoms with Crippen LogP contribution in [0.25, 0.3) is 0 Å². The molecule has 2 nitrogen and oxygen atoms in total. The number of aliphatic carboxylic acids is 1. The van der Waals surface area contributed by atoms with Crippen LogP contribution in [0.2, 0.25) is 0 Å². The molecule has 0 amide bonds. The monoisotopic (exact) mass is 154 g/mol. The van der Waals surface area contributed by atoms with E-state index in [2.05, 4.69) is 0 Å². The van der Waals surface area contributed by atoms with Gasteiger partial charge in [0.2, 0.25) is 0 Å². The van der Waals surface area contributed by atoms with Crippen LogP contribution in [0.3, 0.4) is 0 Å². The van der Waals surface area contributed by atoms with Gasteiger partial charge in [-0.2, -0.15) is 0 Å². The molecule has 0 aromatic carbocycles. The lowest BCUT2D eigenvalue weighted by Gasteiger charge is -2.39. The Bertz CT molecular complexity index is 176. The van der Waals surface area contributed by atoms with Crippen molar-refractivity contribution in [1.29, 1.82) is 0 Å². The van der Waals surface area contributed by atoms with Crippen molar-refractivity contribution in [2.75, 3.05) is 0 Å². The normalized spacial score (nSPS) is 41.3. The number of carbonyl (C=O) groups is 1. The molecule has 0 bridgehead atoms. The third-order valence-electron chi connectivity index (χ3n) is 3.37. The fourth-order valence-electron chi connectivity index (χ4n) is 2.81. The van der Waals surface area contributed by atoms with Crippen LogP contribution >= 0.6 is 0 Å². The zero-order valence-corrected chi connectivity index (χ0v) is 6.62. The first-order chi connectivity index (χ1) is 5.27. The van der Waals surface area contributed by atoms with E-state index in [1.54, 1.807) is 0 Å². The minimum atomic E-state index is -0.611. The standard InChI is InChI=1S/C9H14O2/c10-9(11)5-7-4-6-2-1-3-8(6)7/h6-8H,1-5H2,(H,10,11)/t6-,7?,8?/m1/s1. The number of hydrogen-bond donors (Lipinski definition) is 1. The summed E-state index contributed by atoms with van der Waals surface area (Å²) in [6.45, 7) is 0. The van der Waals surface area contributed by atoms with Crippen LogP contribution in [0.15, 0.2) is 0 Å². The first kappa shape index (κ1) is 7.14. The van der Waals surface area contributed by atoms with Gasteiger partial charge < -0.3 is 5.11 Å². The van der Waals surface area contributed by atoms with Crippen molar-refractivity contribution in [2.45, 2.75) is 32.1 Å².